The topological polar surface area (TPSA) is 114 Å². The molecule has 1 heterocycles. The lowest BCUT2D eigenvalue weighted by Gasteiger charge is -2.03. The summed E-state index contributed by atoms with van der Waals surface area (Å²) in [5, 5.41) is 34.7. The summed E-state index contributed by atoms with van der Waals surface area (Å²) in [6.07, 6.45) is 0.951. The quantitative estimate of drug-likeness (QED) is 0.482. The molecule has 1 rings (SSSR count). The highest BCUT2D eigenvalue weighted by Crippen LogP contribution is 1.99. The average molecular weight is 192 g/mol. The highest BCUT2D eigenvalue weighted by molar-refractivity contribution is 6.60. The average Bonchev–Trinajstić information content (AvgIpc) is 2.16. The first-order chi connectivity index (χ1) is 6.56. The van der Waals surface area contributed by atoms with Crippen LogP contribution in [0.3, 0.4) is 0 Å². The van der Waals surface area contributed by atoms with Gasteiger partial charge >= 0.3 is 13.1 Å². The SMILES string of the molecule is N#Cc1cc(C(=O)O)c(B(O)O)cn1. The van der Waals surface area contributed by atoms with Crippen LogP contribution in [-0.2, 0) is 0 Å². The van der Waals surface area contributed by atoms with E-state index in [0.29, 0.717) is 0 Å². The second-order valence-corrected chi connectivity index (χ2v) is 2.45. The number of rotatable bonds is 2. The van der Waals surface area contributed by atoms with E-state index in [0.717, 1.165) is 12.3 Å². The van der Waals surface area contributed by atoms with Crippen molar-refractivity contribution in [3.63, 3.8) is 0 Å². The maximum Gasteiger partial charge on any atom is 0.490 e. The Morgan fingerprint density at radius 2 is 2.21 bits per heavy atom. The maximum atomic E-state index is 10.6. The zero-order valence-corrected chi connectivity index (χ0v) is 6.88. The summed E-state index contributed by atoms with van der Waals surface area (Å²) in [5.41, 5.74) is -0.671. The first kappa shape index (κ1) is 10.2. The van der Waals surface area contributed by atoms with Gasteiger partial charge in [-0.25, -0.2) is 9.78 Å². The molecule has 0 atom stereocenters. The molecule has 0 aliphatic rings. The predicted molar refractivity (Wildman–Crippen MR) is 45.7 cm³/mol. The van der Waals surface area contributed by atoms with Gasteiger partial charge in [0.1, 0.15) is 11.8 Å². The number of carboxylic acid groups (broad SMARTS) is 1. The molecule has 1 aromatic rings. The van der Waals surface area contributed by atoms with Crippen molar-refractivity contribution in [3.05, 3.63) is 23.5 Å². The zero-order chi connectivity index (χ0) is 10.7. The molecule has 1 aromatic heterocycles. The standard InChI is InChI=1S/C7H5BN2O4/c9-2-4-1-5(7(11)12)6(3-10-4)8(13)14/h1,3,13-14H,(H,11,12). The zero-order valence-electron chi connectivity index (χ0n) is 6.88. The molecule has 70 valence electrons. The fraction of sp³-hybridized carbons (Fsp3) is 0. The van der Waals surface area contributed by atoms with Crippen LogP contribution in [-0.4, -0.2) is 33.2 Å². The predicted octanol–water partition coefficient (Wildman–Crippen LogP) is -1.67. The third kappa shape index (κ3) is 1.88. The second-order valence-electron chi connectivity index (χ2n) is 2.45. The lowest BCUT2D eigenvalue weighted by molar-refractivity contribution is 0.0697. The van der Waals surface area contributed by atoms with Gasteiger partial charge in [0.05, 0.1) is 5.56 Å². The second kappa shape index (κ2) is 3.87. The number of nitriles is 1. The Bertz CT molecular complexity index is 413. The van der Waals surface area contributed by atoms with Gasteiger partial charge in [-0.15, -0.1) is 0 Å². The molecule has 0 saturated heterocycles. The minimum absolute atomic E-state index is 0.0909. The minimum atomic E-state index is -1.92. The monoisotopic (exact) mass is 192 g/mol. The van der Waals surface area contributed by atoms with Crippen molar-refractivity contribution < 1.29 is 19.9 Å². The van der Waals surface area contributed by atoms with Crippen LogP contribution >= 0.6 is 0 Å². The molecule has 0 bridgehead atoms. The van der Waals surface area contributed by atoms with Gasteiger partial charge in [-0.3, -0.25) is 0 Å². The van der Waals surface area contributed by atoms with E-state index in [-0.39, 0.29) is 16.7 Å². The van der Waals surface area contributed by atoms with Gasteiger partial charge in [-0.05, 0) is 6.07 Å². The van der Waals surface area contributed by atoms with Crippen molar-refractivity contribution in [1.29, 1.82) is 5.26 Å². The first-order valence-corrected chi connectivity index (χ1v) is 3.55. The lowest BCUT2D eigenvalue weighted by atomic mass is 9.78. The Hall–Kier alpha value is -1.91. The maximum absolute atomic E-state index is 10.6. The number of carboxylic acids is 1. The Labute approximate surface area is 79.2 Å². The van der Waals surface area contributed by atoms with Crippen molar-refractivity contribution in [2.75, 3.05) is 0 Å². The van der Waals surface area contributed by atoms with Gasteiger partial charge in [0.2, 0.25) is 0 Å². The van der Waals surface area contributed by atoms with E-state index in [9.17, 15) is 4.79 Å². The van der Waals surface area contributed by atoms with Crippen molar-refractivity contribution in [1.82, 2.24) is 4.98 Å². The van der Waals surface area contributed by atoms with E-state index < -0.39 is 13.1 Å². The highest BCUT2D eigenvalue weighted by Gasteiger charge is 2.21. The first-order valence-electron chi connectivity index (χ1n) is 3.55. The molecule has 7 heteroatoms. The number of nitrogens with zero attached hydrogens (tertiary/aromatic N) is 2. The van der Waals surface area contributed by atoms with Gasteiger partial charge in [0, 0.05) is 11.7 Å². The summed E-state index contributed by atoms with van der Waals surface area (Å²) >= 11 is 0. The van der Waals surface area contributed by atoms with E-state index in [1.807, 2.05) is 0 Å². The molecule has 0 aliphatic carbocycles. The third-order valence-electron chi connectivity index (χ3n) is 1.56. The summed E-state index contributed by atoms with van der Waals surface area (Å²) in [5.74, 6) is -1.34. The van der Waals surface area contributed by atoms with Crippen LogP contribution in [0.2, 0.25) is 0 Å². The lowest BCUT2D eigenvalue weighted by Crippen LogP contribution is -2.35. The van der Waals surface area contributed by atoms with Gasteiger partial charge in [-0.2, -0.15) is 5.26 Å². The largest absolute Gasteiger partial charge is 0.490 e. The number of hydrogen-bond donors (Lipinski definition) is 3. The molecule has 0 aromatic carbocycles. The van der Waals surface area contributed by atoms with Crippen molar-refractivity contribution in [2.45, 2.75) is 0 Å². The normalized spacial score (nSPS) is 9.21. The van der Waals surface area contributed by atoms with Gasteiger partial charge in [0.15, 0.2) is 0 Å². The van der Waals surface area contributed by atoms with Crippen LogP contribution in [0, 0.1) is 11.3 Å². The molecule has 0 amide bonds. The fourth-order valence-corrected chi connectivity index (χ4v) is 0.918. The Balaban J connectivity index is 3.33. The molecule has 6 nitrogen and oxygen atoms in total. The number of carbonyl (C=O) groups is 1. The molecular weight excluding hydrogens is 187 g/mol. The Morgan fingerprint density at radius 1 is 1.57 bits per heavy atom. The number of aromatic carboxylic acids is 1. The van der Waals surface area contributed by atoms with E-state index >= 15 is 0 Å². The summed E-state index contributed by atoms with van der Waals surface area (Å²) in [6.45, 7) is 0. The van der Waals surface area contributed by atoms with Crippen molar-refractivity contribution >= 4 is 18.6 Å². The Kier molecular flexibility index (Phi) is 2.81. The van der Waals surface area contributed by atoms with Crippen LogP contribution < -0.4 is 5.46 Å². The number of pyridine rings is 1. The molecule has 0 saturated carbocycles. The van der Waals surface area contributed by atoms with Gasteiger partial charge in [-0.1, -0.05) is 0 Å². The highest BCUT2D eigenvalue weighted by atomic mass is 16.4. The molecule has 0 fully saturated rings. The number of aromatic nitrogens is 1. The molecule has 14 heavy (non-hydrogen) atoms. The van der Waals surface area contributed by atoms with E-state index in [2.05, 4.69) is 4.98 Å². The van der Waals surface area contributed by atoms with Gasteiger partial charge < -0.3 is 15.2 Å². The minimum Gasteiger partial charge on any atom is -0.478 e. The molecule has 0 aliphatic heterocycles. The summed E-state index contributed by atoms with van der Waals surface area (Å²) in [7, 11) is -1.92. The summed E-state index contributed by atoms with van der Waals surface area (Å²) < 4.78 is 0. The van der Waals surface area contributed by atoms with Crippen LogP contribution in [0.4, 0.5) is 0 Å². The van der Waals surface area contributed by atoms with E-state index in [4.69, 9.17) is 20.4 Å². The molecule has 0 spiro atoms. The number of hydrogen-bond acceptors (Lipinski definition) is 5. The smallest absolute Gasteiger partial charge is 0.478 e. The van der Waals surface area contributed by atoms with Crippen LogP contribution in [0.5, 0.6) is 0 Å². The fourth-order valence-electron chi connectivity index (χ4n) is 0.918. The summed E-state index contributed by atoms with van der Waals surface area (Å²) in [6, 6.07) is 2.63. The molecule has 0 radical (unpaired) electrons. The molecule has 0 unspecified atom stereocenters. The van der Waals surface area contributed by atoms with E-state index in [1.54, 1.807) is 6.07 Å². The Morgan fingerprint density at radius 3 is 2.64 bits per heavy atom. The summed E-state index contributed by atoms with van der Waals surface area (Å²) in [4.78, 5) is 14.2. The molecule has 3 N–H and O–H groups in total. The van der Waals surface area contributed by atoms with Crippen LogP contribution in [0.15, 0.2) is 12.3 Å². The van der Waals surface area contributed by atoms with Crippen LogP contribution in [0.1, 0.15) is 16.1 Å². The van der Waals surface area contributed by atoms with E-state index in [1.165, 1.54) is 0 Å². The molecular formula is C7H5BN2O4. The van der Waals surface area contributed by atoms with Crippen LogP contribution in [0.25, 0.3) is 0 Å². The third-order valence-corrected chi connectivity index (χ3v) is 1.56. The van der Waals surface area contributed by atoms with Crippen molar-refractivity contribution in [2.24, 2.45) is 0 Å². The van der Waals surface area contributed by atoms with Gasteiger partial charge in [0.25, 0.3) is 0 Å². The van der Waals surface area contributed by atoms with Crippen molar-refractivity contribution in [3.8, 4) is 6.07 Å².